The minimum absolute atomic E-state index is 0.141. The molecule has 1 aliphatic rings. The molecule has 18 heavy (non-hydrogen) atoms. The zero-order valence-corrected chi connectivity index (χ0v) is 13.2. The van der Waals surface area contributed by atoms with E-state index in [0.29, 0.717) is 0 Å². The topological polar surface area (TPSA) is 32.3 Å². The Labute approximate surface area is 112 Å². The summed E-state index contributed by atoms with van der Waals surface area (Å²) in [6.45, 7) is 12.7. The Hall–Kier alpha value is -0.570. The van der Waals surface area contributed by atoms with E-state index in [1.54, 1.807) is 0 Å². The summed E-state index contributed by atoms with van der Waals surface area (Å²) in [5.41, 5.74) is 0.215. The average molecular weight is 254 g/mol. The van der Waals surface area contributed by atoms with E-state index in [-0.39, 0.29) is 22.2 Å². The molecule has 106 valence electrons. The first-order chi connectivity index (χ1) is 8.00. The number of carbonyl (C=O) groups excluding carboxylic acids is 1. The Bertz CT molecular complexity index is 315. The number of carbonyl (C=O) groups is 1. The van der Waals surface area contributed by atoms with Crippen molar-refractivity contribution in [3.05, 3.63) is 0 Å². The van der Waals surface area contributed by atoms with E-state index < -0.39 is 0 Å². The second kappa shape index (κ2) is 4.84. The lowest BCUT2D eigenvalue weighted by molar-refractivity contribution is -0.128. The SMILES string of the molecule is CN(C)CCNC(=O)C1(CC(C)(C)C)CC1(C)C. The van der Waals surface area contributed by atoms with E-state index in [2.05, 4.69) is 44.8 Å². The Kier molecular flexibility index (Phi) is 4.16. The van der Waals surface area contributed by atoms with E-state index >= 15 is 0 Å². The quantitative estimate of drug-likeness (QED) is 0.817. The van der Waals surface area contributed by atoms with Gasteiger partial charge < -0.3 is 10.2 Å². The van der Waals surface area contributed by atoms with Gasteiger partial charge in [0.25, 0.3) is 0 Å². The highest BCUT2D eigenvalue weighted by atomic mass is 16.2. The van der Waals surface area contributed by atoms with Crippen LogP contribution < -0.4 is 5.32 Å². The molecule has 1 atom stereocenters. The van der Waals surface area contributed by atoms with Crippen molar-refractivity contribution < 1.29 is 4.79 Å². The van der Waals surface area contributed by atoms with Gasteiger partial charge in [-0.05, 0) is 37.8 Å². The zero-order chi connectivity index (χ0) is 14.2. The Morgan fingerprint density at radius 1 is 1.28 bits per heavy atom. The van der Waals surface area contributed by atoms with Gasteiger partial charge in [-0.1, -0.05) is 34.6 Å². The van der Waals surface area contributed by atoms with Crippen LogP contribution in [0.15, 0.2) is 0 Å². The summed E-state index contributed by atoms with van der Waals surface area (Å²) in [7, 11) is 4.05. The molecule has 0 spiro atoms. The molecular formula is C15H30N2O. The van der Waals surface area contributed by atoms with Crippen LogP contribution in [0, 0.1) is 16.2 Å². The van der Waals surface area contributed by atoms with Gasteiger partial charge in [-0.25, -0.2) is 0 Å². The number of likely N-dealkylation sites (N-methyl/N-ethyl adjacent to an activating group) is 1. The second-order valence-electron chi connectivity index (χ2n) is 7.94. The van der Waals surface area contributed by atoms with Crippen LogP contribution in [0.1, 0.15) is 47.5 Å². The predicted molar refractivity (Wildman–Crippen MR) is 76.5 cm³/mol. The predicted octanol–water partition coefficient (Wildman–Crippen LogP) is 2.52. The molecule has 1 unspecified atom stereocenters. The third-order valence-corrected chi connectivity index (χ3v) is 4.03. The van der Waals surface area contributed by atoms with Gasteiger partial charge in [-0.2, -0.15) is 0 Å². The van der Waals surface area contributed by atoms with E-state index in [4.69, 9.17) is 0 Å². The zero-order valence-electron chi connectivity index (χ0n) is 13.2. The first-order valence-corrected chi connectivity index (χ1v) is 6.93. The van der Waals surface area contributed by atoms with Crippen molar-refractivity contribution in [3.8, 4) is 0 Å². The summed E-state index contributed by atoms with van der Waals surface area (Å²) < 4.78 is 0. The Morgan fingerprint density at radius 3 is 2.11 bits per heavy atom. The molecule has 3 nitrogen and oxygen atoms in total. The maximum atomic E-state index is 12.5. The molecule has 3 heteroatoms. The maximum absolute atomic E-state index is 12.5. The van der Waals surface area contributed by atoms with Crippen molar-refractivity contribution in [3.63, 3.8) is 0 Å². The number of hydrogen-bond donors (Lipinski definition) is 1. The van der Waals surface area contributed by atoms with Gasteiger partial charge in [-0.15, -0.1) is 0 Å². The van der Waals surface area contributed by atoms with Gasteiger partial charge in [0.2, 0.25) is 5.91 Å². The molecule has 0 radical (unpaired) electrons. The molecule has 1 aliphatic carbocycles. The monoisotopic (exact) mass is 254 g/mol. The van der Waals surface area contributed by atoms with Crippen molar-refractivity contribution in [2.45, 2.75) is 47.5 Å². The Balaban J connectivity index is 2.62. The summed E-state index contributed by atoms with van der Waals surface area (Å²) in [4.78, 5) is 14.6. The van der Waals surface area contributed by atoms with Crippen LogP contribution in [0.3, 0.4) is 0 Å². The molecule has 0 bridgehead atoms. The van der Waals surface area contributed by atoms with Crippen molar-refractivity contribution in [2.24, 2.45) is 16.2 Å². The van der Waals surface area contributed by atoms with Crippen LogP contribution in [0.4, 0.5) is 0 Å². The standard InChI is InChI=1S/C15H30N2O/c1-13(2,3)10-15(11-14(15,4)5)12(18)16-8-9-17(6)7/h8-11H2,1-7H3,(H,16,18). The number of amides is 1. The first kappa shape index (κ1) is 15.5. The number of rotatable bonds is 5. The summed E-state index contributed by atoms with van der Waals surface area (Å²) >= 11 is 0. The van der Waals surface area contributed by atoms with Gasteiger partial charge in [-0.3, -0.25) is 4.79 Å². The molecule has 1 fully saturated rings. The lowest BCUT2D eigenvalue weighted by Gasteiger charge is -2.28. The summed E-state index contributed by atoms with van der Waals surface area (Å²) in [6.07, 6.45) is 1.99. The van der Waals surface area contributed by atoms with Crippen LogP contribution in [0.2, 0.25) is 0 Å². The molecule has 1 amide bonds. The molecule has 1 N–H and O–H groups in total. The van der Waals surface area contributed by atoms with Crippen LogP contribution in [-0.2, 0) is 4.79 Å². The molecule has 0 aromatic rings. The molecule has 0 aromatic carbocycles. The smallest absolute Gasteiger partial charge is 0.226 e. The lowest BCUT2D eigenvalue weighted by atomic mass is 9.78. The van der Waals surface area contributed by atoms with Gasteiger partial charge >= 0.3 is 0 Å². The average Bonchev–Trinajstić information content (AvgIpc) is 2.65. The highest BCUT2D eigenvalue weighted by Gasteiger charge is 2.66. The third kappa shape index (κ3) is 3.47. The van der Waals surface area contributed by atoms with E-state index in [1.165, 1.54) is 0 Å². The van der Waals surface area contributed by atoms with Crippen LogP contribution in [-0.4, -0.2) is 38.0 Å². The summed E-state index contributed by atoms with van der Waals surface area (Å²) in [5, 5.41) is 3.11. The van der Waals surface area contributed by atoms with Gasteiger partial charge in [0, 0.05) is 13.1 Å². The molecule has 0 saturated heterocycles. The van der Waals surface area contributed by atoms with Crippen molar-refractivity contribution in [1.82, 2.24) is 10.2 Å². The van der Waals surface area contributed by atoms with Crippen molar-refractivity contribution in [1.29, 1.82) is 0 Å². The minimum Gasteiger partial charge on any atom is -0.354 e. The second-order valence-corrected chi connectivity index (χ2v) is 7.94. The summed E-state index contributed by atoms with van der Waals surface area (Å²) in [6, 6.07) is 0. The molecule has 0 heterocycles. The molecule has 1 rings (SSSR count). The van der Waals surface area contributed by atoms with Gasteiger partial charge in [0.05, 0.1) is 5.41 Å². The van der Waals surface area contributed by atoms with Crippen LogP contribution in [0.5, 0.6) is 0 Å². The van der Waals surface area contributed by atoms with Crippen molar-refractivity contribution in [2.75, 3.05) is 27.2 Å². The van der Waals surface area contributed by atoms with E-state index in [1.807, 2.05) is 14.1 Å². The van der Waals surface area contributed by atoms with Crippen LogP contribution in [0.25, 0.3) is 0 Å². The summed E-state index contributed by atoms with van der Waals surface area (Å²) in [5.74, 6) is 0.254. The fraction of sp³-hybridized carbons (Fsp3) is 0.933. The molecule has 1 saturated carbocycles. The number of nitrogens with zero attached hydrogens (tertiary/aromatic N) is 1. The molecule has 0 aliphatic heterocycles. The fourth-order valence-electron chi connectivity index (χ4n) is 2.95. The normalized spacial score (nSPS) is 26.2. The molecule has 0 aromatic heterocycles. The van der Waals surface area contributed by atoms with E-state index in [0.717, 1.165) is 25.9 Å². The van der Waals surface area contributed by atoms with E-state index in [9.17, 15) is 4.79 Å². The molecular weight excluding hydrogens is 224 g/mol. The first-order valence-electron chi connectivity index (χ1n) is 6.93. The maximum Gasteiger partial charge on any atom is 0.226 e. The fourth-order valence-corrected chi connectivity index (χ4v) is 2.95. The minimum atomic E-state index is -0.141. The van der Waals surface area contributed by atoms with Gasteiger partial charge in [0.1, 0.15) is 0 Å². The largest absolute Gasteiger partial charge is 0.354 e. The number of nitrogens with one attached hydrogen (secondary N) is 1. The third-order valence-electron chi connectivity index (χ3n) is 4.03. The van der Waals surface area contributed by atoms with Crippen molar-refractivity contribution >= 4 is 5.91 Å². The van der Waals surface area contributed by atoms with Crippen LogP contribution >= 0.6 is 0 Å². The number of hydrogen-bond acceptors (Lipinski definition) is 2. The Morgan fingerprint density at radius 2 is 1.78 bits per heavy atom. The highest BCUT2D eigenvalue weighted by Crippen LogP contribution is 2.67. The van der Waals surface area contributed by atoms with Gasteiger partial charge in [0.15, 0.2) is 0 Å². The highest BCUT2D eigenvalue weighted by molar-refractivity contribution is 5.87. The lowest BCUT2D eigenvalue weighted by Crippen LogP contribution is -2.40.